The number of hydrogen-bond acceptors (Lipinski definition) is 3. The second-order valence-corrected chi connectivity index (χ2v) is 5.24. The minimum Gasteiger partial charge on any atom is -0.496 e. The molecule has 3 nitrogen and oxygen atoms in total. The first-order valence-electron chi connectivity index (χ1n) is 5.47. The highest BCUT2D eigenvalue weighted by Crippen LogP contribution is 2.25. The highest BCUT2D eigenvalue weighted by Gasteiger charge is 2.14. The van der Waals surface area contributed by atoms with Gasteiger partial charge in [0.05, 0.1) is 17.7 Å². The lowest BCUT2D eigenvalue weighted by molar-refractivity contribution is 0.412. The fourth-order valence-corrected chi connectivity index (χ4v) is 2.01. The van der Waals surface area contributed by atoms with Crippen LogP contribution in [0.1, 0.15) is 19.4 Å². The van der Waals surface area contributed by atoms with E-state index < -0.39 is 5.54 Å². The molecule has 1 aromatic carbocycles. The van der Waals surface area contributed by atoms with Crippen LogP contribution in [-0.2, 0) is 6.42 Å². The second-order valence-electron chi connectivity index (χ2n) is 4.38. The van der Waals surface area contributed by atoms with Crippen molar-refractivity contribution in [2.75, 3.05) is 13.7 Å². The molecule has 1 aromatic rings. The van der Waals surface area contributed by atoms with Crippen molar-refractivity contribution in [2.45, 2.75) is 25.8 Å². The van der Waals surface area contributed by atoms with E-state index in [9.17, 15) is 0 Å². The maximum atomic E-state index is 8.87. The minimum atomic E-state index is -0.469. The number of rotatable bonds is 5. The molecule has 0 aliphatic rings. The van der Waals surface area contributed by atoms with Gasteiger partial charge in [-0.3, -0.25) is 5.32 Å². The van der Waals surface area contributed by atoms with E-state index in [1.165, 1.54) is 5.56 Å². The molecular formula is C13H17BrN2O. The largest absolute Gasteiger partial charge is 0.496 e. The van der Waals surface area contributed by atoms with Crippen LogP contribution in [0.2, 0.25) is 0 Å². The topological polar surface area (TPSA) is 45.0 Å². The summed E-state index contributed by atoms with van der Waals surface area (Å²) in [6.07, 6.45) is 0.883. The van der Waals surface area contributed by atoms with Gasteiger partial charge in [-0.25, -0.2) is 0 Å². The Labute approximate surface area is 111 Å². The van der Waals surface area contributed by atoms with Crippen molar-refractivity contribution in [1.29, 1.82) is 5.26 Å². The maximum absolute atomic E-state index is 8.87. The van der Waals surface area contributed by atoms with Crippen LogP contribution in [0.25, 0.3) is 0 Å². The maximum Gasteiger partial charge on any atom is 0.133 e. The molecule has 0 fully saturated rings. The van der Waals surface area contributed by atoms with Crippen LogP contribution in [0.4, 0.5) is 0 Å². The van der Waals surface area contributed by atoms with Gasteiger partial charge in [-0.05, 0) is 53.9 Å². The smallest absolute Gasteiger partial charge is 0.133 e. The summed E-state index contributed by atoms with van der Waals surface area (Å²) in [5, 5.41) is 12.1. The first-order valence-corrected chi connectivity index (χ1v) is 6.26. The Bertz CT molecular complexity index is 424. The Morgan fingerprint density at radius 3 is 2.71 bits per heavy atom. The summed E-state index contributed by atoms with van der Waals surface area (Å²) in [7, 11) is 1.65. The van der Waals surface area contributed by atoms with Crippen molar-refractivity contribution in [3.63, 3.8) is 0 Å². The van der Waals surface area contributed by atoms with Crippen LogP contribution < -0.4 is 10.1 Å². The molecule has 1 N–H and O–H groups in total. The molecule has 4 heteroatoms. The molecule has 0 heterocycles. The van der Waals surface area contributed by atoms with E-state index in [0.717, 1.165) is 23.2 Å². The van der Waals surface area contributed by atoms with E-state index >= 15 is 0 Å². The predicted molar refractivity (Wildman–Crippen MR) is 72.1 cm³/mol. The lowest BCUT2D eigenvalue weighted by atomic mass is 10.1. The van der Waals surface area contributed by atoms with Crippen molar-refractivity contribution >= 4 is 15.9 Å². The van der Waals surface area contributed by atoms with E-state index in [4.69, 9.17) is 10.00 Å². The first-order chi connectivity index (χ1) is 7.98. The molecule has 0 bridgehead atoms. The van der Waals surface area contributed by atoms with Crippen LogP contribution in [0.5, 0.6) is 5.75 Å². The fourth-order valence-electron chi connectivity index (χ4n) is 1.42. The van der Waals surface area contributed by atoms with Gasteiger partial charge < -0.3 is 4.74 Å². The van der Waals surface area contributed by atoms with Crippen molar-refractivity contribution < 1.29 is 4.74 Å². The summed E-state index contributed by atoms with van der Waals surface area (Å²) in [6.45, 7) is 4.52. The normalized spacial score (nSPS) is 11.0. The Balaban J connectivity index is 2.54. The van der Waals surface area contributed by atoms with Gasteiger partial charge in [0, 0.05) is 6.54 Å². The van der Waals surface area contributed by atoms with E-state index in [0.29, 0.717) is 0 Å². The van der Waals surface area contributed by atoms with Gasteiger partial charge in [-0.2, -0.15) is 5.26 Å². The third-order valence-corrected chi connectivity index (χ3v) is 3.10. The summed E-state index contributed by atoms with van der Waals surface area (Å²) >= 11 is 3.45. The average Bonchev–Trinajstić information content (AvgIpc) is 2.29. The van der Waals surface area contributed by atoms with Crippen LogP contribution in [-0.4, -0.2) is 19.2 Å². The molecule has 0 aliphatic carbocycles. The van der Waals surface area contributed by atoms with Crippen molar-refractivity contribution in [1.82, 2.24) is 5.32 Å². The molecule has 0 unspecified atom stereocenters. The van der Waals surface area contributed by atoms with Gasteiger partial charge >= 0.3 is 0 Å². The number of benzene rings is 1. The monoisotopic (exact) mass is 296 g/mol. The molecule has 1 rings (SSSR count). The number of nitriles is 1. The zero-order valence-corrected chi connectivity index (χ0v) is 12.0. The molecule has 0 radical (unpaired) electrons. The van der Waals surface area contributed by atoms with Crippen molar-refractivity contribution in [3.8, 4) is 11.8 Å². The third-order valence-electron chi connectivity index (χ3n) is 2.48. The molecule has 17 heavy (non-hydrogen) atoms. The number of methoxy groups -OCH3 is 1. The summed E-state index contributed by atoms with van der Waals surface area (Å²) in [4.78, 5) is 0. The quantitative estimate of drug-likeness (QED) is 0.909. The number of ether oxygens (including phenoxy) is 1. The Hall–Kier alpha value is -1.05. The molecule has 0 aromatic heterocycles. The van der Waals surface area contributed by atoms with E-state index in [1.54, 1.807) is 7.11 Å². The molecule has 0 spiro atoms. The van der Waals surface area contributed by atoms with Crippen LogP contribution in [0, 0.1) is 11.3 Å². The molecule has 0 aliphatic heterocycles. The summed E-state index contributed by atoms with van der Waals surface area (Å²) in [5.41, 5.74) is 0.739. The lowest BCUT2D eigenvalue weighted by Gasteiger charge is -2.17. The zero-order valence-electron chi connectivity index (χ0n) is 10.4. The van der Waals surface area contributed by atoms with Gasteiger partial charge in [0.15, 0.2) is 0 Å². The second kappa shape index (κ2) is 6.04. The highest BCUT2D eigenvalue weighted by molar-refractivity contribution is 9.10. The lowest BCUT2D eigenvalue weighted by Crippen LogP contribution is -2.38. The van der Waals surface area contributed by atoms with Gasteiger partial charge in [-0.15, -0.1) is 0 Å². The molecule has 0 amide bonds. The van der Waals surface area contributed by atoms with Crippen LogP contribution in [0.3, 0.4) is 0 Å². The van der Waals surface area contributed by atoms with Gasteiger partial charge in [0.25, 0.3) is 0 Å². The minimum absolute atomic E-state index is 0.469. The zero-order chi connectivity index (χ0) is 12.9. The number of halogens is 1. The fraction of sp³-hybridized carbons (Fsp3) is 0.462. The highest BCUT2D eigenvalue weighted by atomic mass is 79.9. The van der Waals surface area contributed by atoms with Crippen molar-refractivity contribution in [3.05, 3.63) is 28.2 Å². The van der Waals surface area contributed by atoms with Gasteiger partial charge in [-0.1, -0.05) is 6.07 Å². The Kier molecular flexibility index (Phi) is 4.98. The SMILES string of the molecule is COc1ccc(CCNC(C)(C)C#N)cc1Br. The van der Waals surface area contributed by atoms with Gasteiger partial charge in [0.2, 0.25) is 0 Å². The summed E-state index contributed by atoms with van der Waals surface area (Å²) in [5.74, 6) is 0.832. The summed E-state index contributed by atoms with van der Waals surface area (Å²) in [6, 6.07) is 8.23. The third kappa shape index (κ3) is 4.37. The van der Waals surface area contributed by atoms with Gasteiger partial charge in [0.1, 0.15) is 11.3 Å². The van der Waals surface area contributed by atoms with Crippen LogP contribution >= 0.6 is 15.9 Å². The molecule has 0 saturated heterocycles. The first kappa shape index (κ1) is 14.0. The number of hydrogen-bond donors (Lipinski definition) is 1. The molecule has 92 valence electrons. The van der Waals surface area contributed by atoms with E-state index in [-0.39, 0.29) is 0 Å². The number of nitrogens with zero attached hydrogens (tertiary/aromatic N) is 1. The molecular weight excluding hydrogens is 280 g/mol. The molecule has 0 saturated carbocycles. The predicted octanol–water partition coefficient (Wildman–Crippen LogP) is 2.89. The average molecular weight is 297 g/mol. The number of nitrogens with one attached hydrogen (secondary N) is 1. The Morgan fingerprint density at radius 2 is 2.18 bits per heavy atom. The van der Waals surface area contributed by atoms with E-state index in [2.05, 4.69) is 27.3 Å². The standard InChI is InChI=1S/C13H17BrN2O/c1-13(2,9-15)16-7-6-10-4-5-12(17-3)11(14)8-10/h4-5,8,16H,6-7H2,1-3H3. The Morgan fingerprint density at radius 1 is 1.47 bits per heavy atom. The van der Waals surface area contributed by atoms with E-state index in [1.807, 2.05) is 32.0 Å². The molecule has 0 atom stereocenters. The van der Waals surface area contributed by atoms with Crippen molar-refractivity contribution in [2.24, 2.45) is 0 Å². The summed E-state index contributed by atoms with van der Waals surface area (Å²) < 4.78 is 6.13. The van der Waals surface area contributed by atoms with Crippen LogP contribution in [0.15, 0.2) is 22.7 Å².